The Morgan fingerprint density at radius 1 is 1.58 bits per heavy atom. The predicted octanol–water partition coefficient (Wildman–Crippen LogP) is 1.87. The fraction of sp³-hybridized carbons (Fsp3) is 0.500. The minimum Gasteiger partial charge on any atom is -0.481 e. The Kier molecular flexibility index (Phi) is 3.19. The molecule has 5 nitrogen and oxygen atoms in total. The second kappa shape index (κ2) is 4.54. The molecule has 1 aliphatic heterocycles. The van der Waals surface area contributed by atoms with Crippen LogP contribution in [0.25, 0.3) is 0 Å². The Balaban J connectivity index is 2.40. The summed E-state index contributed by atoms with van der Waals surface area (Å²) in [4.78, 5) is 17.6. The van der Waals surface area contributed by atoms with Crippen LogP contribution in [0.2, 0.25) is 0 Å². The molecule has 1 atom stereocenters. The molecule has 0 aromatic carbocycles. The van der Waals surface area contributed by atoms with Crippen LogP contribution in [0, 0.1) is 30.6 Å². The van der Waals surface area contributed by atoms with Crippen molar-refractivity contribution in [2.24, 2.45) is 5.41 Å². The van der Waals surface area contributed by atoms with Gasteiger partial charge in [0.1, 0.15) is 11.9 Å². The molecule has 19 heavy (non-hydrogen) atoms. The fourth-order valence-electron chi connectivity index (χ4n) is 2.50. The molecule has 0 bridgehead atoms. The van der Waals surface area contributed by atoms with Gasteiger partial charge in [0.05, 0.1) is 11.0 Å². The molecule has 1 fully saturated rings. The van der Waals surface area contributed by atoms with E-state index in [1.54, 1.807) is 6.92 Å². The third-order valence-electron chi connectivity index (χ3n) is 3.73. The number of hydrogen-bond donors (Lipinski definition) is 1. The Labute approximate surface area is 112 Å². The first kappa shape index (κ1) is 13.3. The van der Waals surface area contributed by atoms with Gasteiger partial charge in [-0.2, -0.15) is 5.26 Å². The molecule has 1 saturated heterocycles. The van der Waals surface area contributed by atoms with Crippen LogP contribution in [0.5, 0.6) is 0 Å². The number of carboxylic acid groups (broad SMARTS) is 1. The van der Waals surface area contributed by atoms with Crippen LogP contribution in [0.3, 0.4) is 0 Å². The lowest BCUT2D eigenvalue weighted by atomic mass is 9.90. The maximum atomic E-state index is 11.3. The third-order valence-corrected chi connectivity index (χ3v) is 3.73. The van der Waals surface area contributed by atoms with Gasteiger partial charge in [0.25, 0.3) is 0 Å². The van der Waals surface area contributed by atoms with Crippen molar-refractivity contribution in [3.05, 3.63) is 22.9 Å². The number of aromatic nitrogens is 1. The van der Waals surface area contributed by atoms with E-state index in [0.29, 0.717) is 30.9 Å². The van der Waals surface area contributed by atoms with Crippen LogP contribution in [0.15, 0.2) is 6.07 Å². The van der Waals surface area contributed by atoms with Crippen LogP contribution < -0.4 is 4.90 Å². The Morgan fingerprint density at radius 2 is 2.26 bits per heavy atom. The van der Waals surface area contributed by atoms with Crippen LogP contribution >= 0.6 is 0 Å². The second-order valence-corrected chi connectivity index (χ2v) is 5.43. The topological polar surface area (TPSA) is 77.2 Å². The summed E-state index contributed by atoms with van der Waals surface area (Å²) < 4.78 is 0. The highest BCUT2D eigenvalue weighted by atomic mass is 16.4. The normalized spacial score (nSPS) is 22.3. The zero-order valence-corrected chi connectivity index (χ0v) is 11.4. The average Bonchev–Trinajstić information content (AvgIpc) is 2.72. The highest BCUT2D eigenvalue weighted by Crippen LogP contribution is 2.34. The molecule has 1 aromatic heterocycles. The summed E-state index contributed by atoms with van der Waals surface area (Å²) in [5, 5.41) is 18.5. The van der Waals surface area contributed by atoms with Gasteiger partial charge in [-0.25, -0.2) is 4.98 Å². The van der Waals surface area contributed by atoms with E-state index in [0.717, 1.165) is 11.3 Å². The number of anilines is 1. The summed E-state index contributed by atoms with van der Waals surface area (Å²) >= 11 is 0. The minimum absolute atomic E-state index is 0.396. The molecule has 1 aromatic rings. The molecular formula is C14H17N3O2. The number of nitriles is 1. The number of carbonyl (C=O) groups is 1. The van der Waals surface area contributed by atoms with Gasteiger partial charge in [0, 0.05) is 18.8 Å². The van der Waals surface area contributed by atoms with Crippen molar-refractivity contribution in [3.63, 3.8) is 0 Å². The van der Waals surface area contributed by atoms with Crippen molar-refractivity contribution in [2.75, 3.05) is 18.0 Å². The molecule has 0 spiro atoms. The maximum absolute atomic E-state index is 11.3. The van der Waals surface area contributed by atoms with E-state index in [1.165, 1.54) is 0 Å². The van der Waals surface area contributed by atoms with Gasteiger partial charge < -0.3 is 10.0 Å². The van der Waals surface area contributed by atoms with Gasteiger partial charge in [-0.1, -0.05) is 0 Å². The van der Waals surface area contributed by atoms with E-state index in [2.05, 4.69) is 11.1 Å². The lowest BCUT2D eigenvalue weighted by Crippen LogP contribution is -2.32. The fourth-order valence-corrected chi connectivity index (χ4v) is 2.50. The van der Waals surface area contributed by atoms with Gasteiger partial charge in [-0.3, -0.25) is 4.79 Å². The SMILES string of the molecule is Cc1cc(C)c(C#N)c(N2CCC(C)(C(=O)O)C2)n1. The molecule has 1 N–H and O–H groups in total. The first-order valence-corrected chi connectivity index (χ1v) is 6.24. The van der Waals surface area contributed by atoms with Gasteiger partial charge >= 0.3 is 5.97 Å². The van der Waals surface area contributed by atoms with E-state index >= 15 is 0 Å². The summed E-state index contributed by atoms with van der Waals surface area (Å²) in [6.07, 6.45) is 0.571. The Hall–Kier alpha value is -2.09. The lowest BCUT2D eigenvalue weighted by Gasteiger charge is -2.22. The number of aliphatic carboxylic acids is 1. The first-order chi connectivity index (χ1) is 8.87. The molecule has 1 aliphatic rings. The van der Waals surface area contributed by atoms with Crippen LogP contribution in [0.1, 0.15) is 30.2 Å². The standard InChI is InChI=1S/C14H17N3O2/c1-9-6-10(2)16-12(11(9)7-15)17-5-4-14(3,8-17)13(18)19/h6H,4-5,8H2,1-3H3,(H,18,19). The van der Waals surface area contributed by atoms with E-state index < -0.39 is 11.4 Å². The Morgan fingerprint density at radius 3 is 2.79 bits per heavy atom. The highest BCUT2D eigenvalue weighted by Gasteiger charge is 2.41. The number of pyridine rings is 1. The Bertz CT molecular complexity index is 577. The van der Waals surface area contributed by atoms with E-state index in [1.807, 2.05) is 24.8 Å². The smallest absolute Gasteiger partial charge is 0.311 e. The quantitative estimate of drug-likeness (QED) is 0.877. The van der Waals surface area contributed by atoms with Gasteiger partial charge in [0.2, 0.25) is 0 Å². The predicted molar refractivity (Wildman–Crippen MR) is 71.0 cm³/mol. The minimum atomic E-state index is -0.794. The third kappa shape index (κ3) is 2.26. The highest BCUT2D eigenvalue weighted by molar-refractivity contribution is 5.76. The van der Waals surface area contributed by atoms with Crippen molar-refractivity contribution in [3.8, 4) is 6.07 Å². The van der Waals surface area contributed by atoms with E-state index in [9.17, 15) is 15.2 Å². The molecule has 0 amide bonds. The molecule has 1 unspecified atom stereocenters. The molecule has 2 heterocycles. The summed E-state index contributed by atoms with van der Waals surface area (Å²) in [5.41, 5.74) is 1.51. The molecule has 0 saturated carbocycles. The van der Waals surface area contributed by atoms with Crippen molar-refractivity contribution < 1.29 is 9.90 Å². The van der Waals surface area contributed by atoms with Gasteiger partial charge in [-0.15, -0.1) is 0 Å². The van der Waals surface area contributed by atoms with E-state index in [4.69, 9.17) is 0 Å². The summed E-state index contributed by atoms with van der Waals surface area (Å²) in [7, 11) is 0. The van der Waals surface area contributed by atoms with Crippen molar-refractivity contribution >= 4 is 11.8 Å². The number of aryl methyl sites for hydroxylation is 2. The largest absolute Gasteiger partial charge is 0.481 e. The number of carboxylic acids is 1. The maximum Gasteiger partial charge on any atom is 0.311 e. The molecule has 5 heteroatoms. The summed E-state index contributed by atoms with van der Waals surface area (Å²) in [5.74, 6) is -0.178. The van der Waals surface area contributed by atoms with Crippen LogP contribution in [-0.2, 0) is 4.79 Å². The molecule has 0 aliphatic carbocycles. The van der Waals surface area contributed by atoms with Gasteiger partial charge in [0.15, 0.2) is 0 Å². The molecule has 0 radical (unpaired) electrons. The zero-order chi connectivity index (χ0) is 14.2. The molecule has 100 valence electrons. The summed E-state index contributed by atoms with van der Waals surface area (Å²) in [6.45, 7) is 6.51. The van der Waals surface area contributed by atoms with Crippen molar-refractivity contribution in [1.29, 1.82) is 5.26 Å². The number of rotatable bonds is 2. The monoisotopic (exact) mass is 259 g/mol. The lowest BCUT2D eigenvalue weighted by molar-refractivity contribution is -0.146. The number of hydrogen-bond acceptors (Lipinski definition) is 4. The number of nitrogens with zero attached hydrogens (tertiary/aromatic N) is 3. The van der Waals surface area contributed by atoms with Crippen LogP contribution in [-0.4, -0.2) is 29.1 Å². The van der Waals surface area contributed by atoms with Gasteiger partial charge in [-0.05, 0) is 38.8 Å². The average molecular weight is 259 g/mol. The van der Waals surface area contributed by atoms with Crippen molar-refractivity contribution in [1.82, 2.24) is 4.98 Å². The zero-order valence-electron chi connectivity index (χ0n) is 11.4. The molecule has 2 rings (SSSR count). The summed E-state index contributed by atoms with van der Waals surface area (Å²) in [6, 6.07) is 4.04. The van der Waals surface area contributed by atoms with Crippen molar-refractivity contribution in [2.45, 2.75) is 27.2 Å². The molecular weight excluding hydrogens is 242 g/mol. The second-order valence-electron chi connectivity index (χ2n) is 5.43. The van der Waals surface area contributed by atoms with E-state index in [-0.39, 0.29) is 0 Å². The van der Waals surface area contributed by atoms with Crippen LogP contribution in [0.4, 0.5) is 5.82 Å². The first-order valence-electron chi connectivity index (χ1n) is 6.24.